The van der Waals surface area contributed by atoms with Crippen molar-refractivity contribution in [3.05, 3.63) is 34.3 Å². The highest BCUT2D eigenvalue weighted by Crippen LogP contribution is 2.22. The highest BCUT2D eigenvalue weighted by molar-refractivity contribution is 6.31. The van der Waals surface area contributed by atoms with Gasteiger partial charge in [-0.1, -0.05) is 17.7 Å². The lowest BCUT2D eigenvalue weighted by molar-refractivity contribution is -0.112. The van der Waals surface area contributed by atoms with Gasteiger partial charge < -0.3 is 10.5 Å². The van der Waals surface area contributed by atoms with Crippen LogP contribution in [0.25, 0.3) is 0 Å². The summed E-state index contributed by atoms with van der Waals surface area (Å²) < 4.78 is 0. The molecule has 1 amide bonds. The van der Waals surface area contributed by atoms with E-state index >= 15 is 0 Å². The van der Waals surface area contributed by atoms with Crippen molar-refractivity contribution in [3.8, 4) is 0 Å². The van der Waals surface area contributed by atoms with Crippen molar-refractivity contribution in [2.75, 3.05) is 13.1 Å². The van der Waals surface area contributed by atoms with Gasteiger partial charge in [-0.15, -0.1) is 0 Å². The first-order valence-electron chi connectivity index (χ1n) is 6.36. The number of nitrogens with zero attached hydrogens (tertiary/aromatic N) is 1. The first-order valence-corrected chi connectivity index (χ1v) is 6.74. The highest BCUT2D eigenvalue weighted by atomic mass is 35.5. The first kappa shape index (κ1) is 14.0. The topological polar surface area (TPSA) is 63.4 Å². The third-order valence-electron chi connectivity index (χ3n) is 3.56. The van der Waals surface area contributed by atoms with Crippen LogP contribution in [0.4, 0.5) is 0 Å². The molecule has 5 heteroatoms. The number of primary amides is 1. The Labute approximate surface area is 117 Å². The molecule has 1 heterocycles. The fourth-order valence-corrected chi connectivity index (χ4v) is 2.56. The predicted octanol–water partition coefficient (Wildman–Crippen LogP) is 1.85. The molecule has 1 fully saturated rings. The number of benzene rings is 1. The van der Waals surface area contributed by atoms with Gasteiger partial charge in [0.15, 0.2) is 0 Å². The van der Waals surface area contributed by atoms with Gasteiger partial charge in [0.1, 0.15) is 6.29 Å². The van der Waals surface area contributed by atoms with Gasteiger partial charge >= 0.3 is 0 Å². The molecule has 1 aliphatic rings. The lowest BCUT2D eigenvalue weighted by Gasteiger charge is -2.29. The van der Waals surface area contributed by atoms with Crippen LogP contribution in [0.15, 0.2) is 18.2 Å². The van der Waals surface area contributed by atoms with Crippen molar-refractivity contribution in [3.63, 3.8) is 0 Å². The van der Waals surface area contributed by atoms with Gasteiger partial charge in [-0.25, -0.2) is 0 Å². The zero-order valence-corrected chi connectivity index (χ0v) is 11.4. The van der Waals surface area contributed by atoms with E-state index in [1.807, 2.05) is 6.07 Å². The number of piperidine rings is 1. The van der Waals surface area contributed by atoms with Gasteiger partial charge in [-0.3, -0.25) is 9.69 Å². The third kappa shape index (κ3) is 3.55. The number of hydrogen-bond acceptors (Lipinski definition) is 3. The fourth-order valence-electron chi connectivity index (χ4n) is 2.32. The Morgan fingerprint density at radius 2 is 2.11 bits per heavy atom. The summed E-state index contributed by atoms with van der Waals surface area (Å²) >= 11 is 6.16. The number of carbonyl (C=O) groups excluding carboxylic acids is 2. The molecule has 1 saturated heterocycles. The van der Waals surface area contributed by atoms with E-state index in [2.05, 4.69) is 4.90 Å². The van der Waals surface area contributed by atoms with Crippen LogP contribution >= 0.6 is 11.6 Å². The van der Waals surface area contributed by atoms with Crippen molar-refractivity contribution in [1.82, 2.24) is 4.90 Å². The second-order valence-corrected chi connectivity index (χ2v) is 5.33. The molecule has 0 bridgehead atoms. The van der Waals surface area contributed by atoms with Crippen molar-refractivity contribution >= 4 is 23.8 Å². The number of hydrogen-bond donors (Lipinski definition) is 1. The number of aldehydes is 1. The number of likely N-dealkylation sites (tertiary alicyclic amines) is 1. The van der Waals surface area contributed by atoms with Crippen LogP contribution in [0.5, 0.6) is 0 Å². The Bertz CT molecular complexity index is 482. The smallest absolute Gasteiger partial charge is 0.248 e. The standard InChI is InChI=1S/C14H17ClN2O2/c15-13-7-11(14(16)19)1-2-12(13)8-17-5-3-10(9-18)4-6-17/h1-2,7,9-10H,3-6,8H2,(H2,16,19). The molecule has 0 radical (unpaired) electrons. The average molecular weight is 281 g/mol. The molecule has 1 aliphatic heterocycles. The number of rotatable bonds is 4. The van der Waals surface area contributed by atoms with Crippen LogP contribution < -0.4 is 5.73 Å². The van der Waals surface area contributed by atoms with Gasteiger partial charge in [0.05, 0.1) is 0 Å². The van der Waals surface area contributed by atoms with Gasteiger partial charge in [0.2, 0.25) is 5.91 Å². The normalized spacial score (nSPS) is 17.3. The summed E-state index contributed by atoms with van der Waals surface area (Å²) in [6, 6.07) is 5.15. The van der Waals surface area contributed by atoms with E-state index in [1.54, 1.807) is 12.1 Å². The molecule has 0 atom stereocenters. The van der Waals surface area contributed by atoms with Crippen molar-refractivity contribution in [2.24, 2.45) is 11.7 Å². The van der Waals surface area contributed by atoms with Crippen LogP contribution in [-0.4, -0.2) is 30.2 Å². The maximum absolute atomic E-state index is 11.0. The maximum Gasteiger partial charge on any atom is 0.248 e. The summed E-state index contributed by atoms with van der Waals surface area (Å²) in [6.07, 6.45) is 2.85. The molecule has 0 aromatic heterocycles. The van der Waals surface area contributed by atoms with E-state index < -0.39 is 5.91 Å². The molecule has 4 nitrogen and oxygen atoms in total. The molecule has 2 rings (SSSR count). The minimum Gasteiger partial charge on any atom is -0.366 e. The Kier molecular flexibility index (Phi) is 4.56. The highest BCUT2D eigenvalue weighted by Gasteiger charge is 2.19. The summed E-state index contributed by atoms with van der Waals surface area (Å²) in [4.78, 5) is 24.0. The van der Waals surface area contributed by atoms with Gasteiger partial charge in [0, 0.05) is 23.0 Å². The van der Waals surface area contributed by atoms with Crippen LogP contribution in [0.2, 0.25) is 5.02 Å². The van der Waals surface area contributed by atoms with E-state index in [9.17, 15) is 9.59 Å². The zero-order chi connectivity index (χ0) is 13.8. The lowest BCUT2D eigenvalue weighted by Crippen LogP contribution is -2.33. The molecule has 102 valence electrons. The first-order chi connectivity index (χ1) is 9.10. The molecule has 0 saturated carbocycles. The molecule has 2 N–H and O–H groups in total. The summed E-state index contributed by atoms with van der Waals surface area (Å²) in [5.41, 5.74) is 6.61. The van der Waals surface area contributed by atoms with Crippen LogP contribution in [0, 0.1) is 5.92 Å². The maximum atomic E-state index is 11.0. The quantitative estimate of drug-likeness (QED) is 0.856. The van der Waals surface area contributed by atoms with E-state index in [0.717, 1.165) is 44.3 Å². The van der Waals surface area contributed by atoms with Crippen LogP contribution in [0.1, 0.15) is 28.8 Å². The molecule has 19 heavy (non-hydrogen) atoms. The number of halogens is 1. The second-order valence-electron chi connectivity index (χ2n) is 4.92. The summed E-state index contributed by atoms with van der Waals surface area (Å²) in [5.74, 6) is -0.274. The molecule has 1 aromatic carbocycles. The second kappa shape index (κ2) is 6.17. The summed E-state index contributed by atoms with van der Waals surface area (Å²) in [7, 11) is 0. The van der Waals surface area contributed by atoms with Crippen molar-refractivity contribution < 1.29 is 9.59 Å². The van der Waals surface area contributed by atoms with E-state index in [-0.39, 0.29) is 5.92 Å². The van der Waals surface area contributed by atoms with Gasteiger partial charge in [-0.2, -0.15) is 0 Å². The Morgan fingerprint density at radius 3 is 2.63 bits per heavy atom. The van der Waals surface area contributed by atoms with E-state index in [4.69, 9.17) is 17.3 Å². The Morgan fingerprint density at radius 1 is 1.42 bits per heavy atom. The number of nitrogens with two attached hydrogens (primary N) is 1. The number of amides is 1. The zero-order valence-electron chi connectivity index (χ0n) is 10.6. The minimum absolute atomic E-state index is 0.198. The average Bonchev–Trinajstić information content (AvgIpc) is 2.41. The molecule has 0 unspecified atom stereocenters. The molecule has 1 aromatic rings. The fraction of sp³-hybridized carbons (Fsp3) is 0.429. The molecular weight excluding hydrogens is 264 g/mol. The number of carbonyl (C=O) groups is 2. The molecular formula is C14H17ClN2O2. The largest absolute Gasteiger partial charge is 0.366 e. The van der Waals surface area contributed by atoms with Crippen molar-refractivity contribution in [1.29, 1.82) is 0 Å². The van der Waals surface area contributed by atoms with Gasteiger partial charge in [0.25, 0.3) is 0 Å². The predicted molar refractivity (Wildman–Crippen MR) is 74.0 cm³/mol. The van der Waals surface area contributed by atoms with Crippen LogP contribution in [0.3, 0.4) is 0 Å². The third-order valence-corrected chi connectivity index (χ3v) is 3.91. The minimum atomic E-state index is -0.472. The van der Waals surface area contributed by atoms with Gasteiger partial charge in [-0.05, 0) is 43.6 Å². The molecule has 0 aliphatic carbocycles. The summed E-state index contributed by atoms with van der Waals surface area (Å²) in [5, 5.41) is 0.564. The monoisotopic (exact) mass is 280 g/mol. The summed E-state index contributed by atoms with van der Waals surface area (Å²) in [6.45, 7) is 2.54. The lowest BCUT2D eigenvalue weighted by atomic mass is 9.98. The van der Waals surface area contributed by atoms with Crippen LogP contribution in [-0.2, 0) is 11.3 Å². The van der Waals surface area contributed by atoms with E-state index in [1.165, 1.54) is 0 Å². The molecule has 0 spiro atoms. The van der Waals surface area contributed by atoms with Crippen molar-refractivity contribution in [2.45, 2.75) is 19.4 Å². The Balaban J connectivity index is 2.00. The van der Waals surface area contributed by atoms with E-state index in [0.29, 0.717) is 10.6 Å². The SMILES string of the molecule is NC(=O)c1ccc(CN2CCC(C=O)CC2)c(Cl)c1. The Hall–Kier alpha value is -1.39.